The molecule has 1 aromatic carbocycles. The topological polar surface area (TPSA) is 105 Å². The number of nitrogens with one attached hydrogen (secondary N) is 3. The molecule has 0 saturated heterocycles. The Labute approximate surface area is 173 Å². The van der Waals surface area contributed by atoms with Gasteiger partial charge in [0.05, 0.1) is 24.0 Å². The van der Waals surface area contributed by atoms with Crippen LogP contribution in [0.5, 0.6) is 0 Å². The summed E-state index contributed by atoms with van der Waals surface area (Å²) >= 11 is 0. The summed E-state index contributed by atoms with van der Waals surface area (Å²) in [6.45, 7) is 0.791. The Morgan fingerprint density at radius 2 is 2.00 bits per heavy atom. The van der Waals surface area contributed by atoms with Crippen molar-refractivity contribution in [1.82, 2.24) is 24.8 Å². The van der Waals surface area contributed by atoms with E-state index in [1.807, 2.05) is 48.7 Å². The Morgan fingerprint density at radius 1 is 1.13 bits per heavy atom. The predicted octanol–water partition coefficient (Wildman–Crippen LogP) is 2.09. The molecule has 0 radical (unpaired) electrons. The van der Waals surface area contributed by atoms with Crippen LogP contribution in [-0.2, 0) is 24.3 Å². The number of H-pyrrole nitrogens is 1. The van der Waals surface area contributed by atoms with Crippen LogP contribution in [0.3, 0.4) is 0 Å². The van der Waals surface area contributed by atoms with E-state index >= 15 is 0 Å². The molecule has 0 fully saturated rings. The van der Waals surface area contributed by atoms with Gasteiger partial charge in [0.2, 0.25) is 5.91 Å². The van der Waals surface area contributed by atoms with Crippen LogP contribution in [0.25, 0.3) is 10.9 Å². The second kappa shape index (κ2) is 9.04. The number of rotatable bonds is 8. The van der Waals surface area contributed by atoms with Gasteiger partial charge in [0.25, 0.3) is 5.56 Å². The lowest BCUT2D eigenvalue weighted by Gasteiger charge is -2.10. The number of nitrogens with zero attached hydrogens (tertiary/aromatic N) is 3. The van der Waals surface area contributed by atoms with E-state index in [9.17, 15) is 9.59 Å². The smallest absolute Gasteiger partial charge is 0.293 e. The summed E-state index contributed by atoms with van der Waals surface area (Å²) in [6, 6.07) is 13.9. The van der Waals surface area contributed by atoms with Crippen molar-refractivity contribution in [3.63, 3.8) is 0 Å². The van der Waals surface area contributed by atoms with Crippen LogP contribution in [0.2, 0.25) is 0 Å². The third-order valence-electron chi connectivity index (χ3n) is 4.74. The molecule has 8 nitrogen and oxygen atoms in total. The van der Waals surface area contributed by atoms with Gasteiger partial charge in [0.15, 0.2) is 5.82 Å². The van der Waals surface area contributed by atoms with Crippen LogP contribution in [0.1, 0.15) is 11.3 Å². The van der Waals surface area contributed by atoms with Crippen molar-refractivity contribution in [2.24, 2.45) is 0 Å². The molecule has 1 amide bonds. The average molecular weight is 402 g/mol. The predicted molar refractivity (Wildman–Crippen MR) is 115 cm³/mol. The fourth-order valence-corrected chi connectivity index (χ4v) is 3.16. The maximum Gasteiger partial charge on any atom is 0.293 e. The summed E-state index contributed by atoms with van der Waals surface area (Å²) < 4.78 is 1.34. The molecule has 3 heterocycles. The van der Waals surface area contributed by atoms with E-state index in [2.05, 4.69) is 25.6 Å². The van der Waals surface area contributed by atoms with Crippen LogP contribution in [0, 0.1) is 0 Å². The zero-order valence-corrected chi connectivity index (χ0v) is 16.3. The van der Waals surface area contributed by atoms with Gasteiger partial charge in [-0.15, -0.1) is 0 Å². The summed E-state index contributed by atoms with van der Waals surface area (Å²) in [5.74, 6) is -0.0321. The van der Waals surface area contributed by atoms with Crippen LogP contribution in [0.15, 0.2) is 72.0 Å². The Morgan fingerprint density at radius 3 is 2.87 bits per heavy atom. The van der Waals surface area contributed by atoms with Crippen molar-refractivity contribution in [1.29, 1.82) is 0 Å². The van der Waals surface area contributed by atoms with Crippen molar-refractivity contribution in [3.05, 3.63) is 88.9 Å². The van der Waals surface area contributed by atoms with E-state index < -0.39 is 0 Å². The zero-order valence-electron chi connectivity index (χ0n) is 16.3. The van der Waals surface area contributed by atoms with Gasteiger partial charge in [0.1, 0.15) is 6.54 Å². The van der Waals surface area contributed by atoms with Gasteiger partial charge >= 0.3 is 0 Å². The minimum Gasteiger partial charge on any atom is -0.365 e. The highest BCUT2D eigenvalue weighted by Crippen LogP contribution is 2.11. The standard InChI is InChI=1S/C22H22N6O2/c29-20(27-13-18-12-17-7-9-23-19(17)14-26-18)15-28-11-10-25-21(22(28)30)24-8-6-16-4-2-1-3-5-16/h1-5,7,9-12,14,23H,6,8,13,15H2,(H,24,25)(H,27,29). The first kappa shape index (κ1) is 19.4. The van der Waals surface area contributed by atoms with Crippen LogP contribution in [-0.4, -0.2) is 32.0 Å². The van der Waals surface area contributed by atoms with Crippen molar-refractivity contribution in [2.75, 3.05) is 11.9 Å². The molecule has 3 N–H and O–H groups in total. The number of carbonyl (C=O) groups excluding carboxylic acids is 1. The monoisotopic (exact) mass is 402 g/mol. The van der Waals surface area contributed by atoms with Gasteiger partial charge in [-0.25, -0.2) is 4.98 Å². The molecule has 0 saturated carbocycles. The lowest BCUT2D eigenvalue weighted by molar-refractivity contribution is -0.121. The SMILES string of the molecule is O=C(Cn1ccnc(NCCc2ccccc2)c1=O)NCc1cc2cc[nH]c2cn1. The molecule has 0 atom stereocenters. The molecule has 0 aliphatic rings. The van der Waals surface area contributed by atoms with E-state index in [4.69, 9.17) is 0 Å². The van der Waals surface area contributed by atoms with Crippen molar-refractivity contribution < 1.29 is 4.79 Å². The minimum atomic E-state index is -0.326. The molecule has 3 aromatic heterocycles. The Kier molecular flexibility index (Phi) is 5.84. The summed E-state index contributed by atoms with van der Waals surface area (Å²) in [6.07, 6.45) is 7.37. The molecule has 0 unspecified atom stereocenters. The fraction of sp³-hybridized carbons (Fsp3) is 0.182. The highest BCUT2D eigenvalue weighted by molar-refractivity contribution is 5.79. The quantitative estimate of drug-likeness (QED) is 0.419. The first-order valence-electron chi connectivity index (χ1n) is 9.71. The van der Waals surface area contributed by atoms with Crippen LogP contribution in [0.4, 0.5) is 5.82 Å². The molecular formula is C22H22N6O2. The molecule has 0 spiro atoms. The van der Waals surface area contributed by atoms with E-state index in [1.54, 1.807) is 6.20 Å². The molecule has 4 aromatic rings. The number of aromatic amines is 1. The van der Waals surface area contributed by atoms with Gasteiger partial charge in [-0.05, 0) is 24.1 Å². The molecule has 152 valence electrons. The first-order valence-corrected chi connectivity index (χ1v) is 9.71. The summed E-state index contributed by atoms with van der Waals surface area (Å²) in [5.41, 5.74) is 2.54. The number of hydrogen-bond acceptors (Lipinski definition) is 5. The largest absolute Gasteiger partial charge is 0.365 e. The Bertz CT molecular complexity index is 1200. The third-order valence-corrected chi connectivity index (χ3v) is 4.74. The van der Waals surface area contributed by atoms with Gasteiger partial charge < -0.3 is 20.2 Å². The van der Waals surface area contributed by atoms with E-state index in [1.165, 1.54) is 22.5 Å². The van der Waals surface area contributed by atoms with Gasteiger partial charge in [-0.1, -0.05) is 30.3 Å². The molecule has 30 heavy (non-hydrogen) atoms. The first-order chi connectivity index (χ1) is 14.7. The molecule has 8 heteroatoms. The summed E-state index contributed by atoms with van der Waals surface area (Å²) in [5, 5.41) is 6.89. The second-order valence-electron chi connectivity index (χ2n) is 6.89. The highest BCUT2D eigenvalue weighted by Gasteiger charge is 2.09. The molecule has 0 aliphatic heterocycles. The number of carbonyl (C=O) groups is 1. The average Bonchev–Trinajstić information content (AvgIpc) is 3.23. The lowest BCUT2D eigenvalue weighted by atomic mass is 10.1. The number of amides is 1. The van der Waals surface area contributed by atoms with Crippen molar-refractivity contribution >= 4 is 22.6 Å². The normalized spacial score (nSPS) is 10.8. The number of anilines is 1. The number of hydrogen-bond donors (Lipinski definition) is 3. The molecule has 0 aliphatic carbocycles. The number of aromatic nitrogens is 4. The van der Waals surface area contributed by atoms with E-state index in [0.717, 1.165) is 23.0 Å². The summed E-state index contributed by atoms with van der Waals surface area (Å²) in [7, 11) is 0. The van der Waals surface area contributed by atoms with Gasteiger partial charge in [-0.3, -0.25) is 14.6 Å². The van der Waals surface area contributed by atoms with E-state index in [0.29, 0.717) is 13.1 Å². The minimum absolute atomic E-state index is 0.0822. The molecule has 4 rings (SSSR count). The molecular weight excluding hydrogens is 380 g/mol. The fourth-order valence-electron chi connectivity index (χ4n) is 3.16. The zero-order chi connectivity index (χ0) is 20.8. The van der Waals surface area contributed by atoms with Crippen LogP contribution < -0.4 is 16.2 Å². The van der Waals surface area contributed by atoms with E-state index in [-0.39, 0.29) is 23.8 Å². The maximum atomic E-state index is 12.6. The van der Waals surface area contributed by atoms with Crippen LogP contribution >= 0.6 is 0 Å². The molecule has 0 bridgehead atoms. The maximum absolute atomic E-state index is 12.6. The number of pyridine rings is 1. The van der Waals surface area contributed by atoms with Gasteiger partial charge in [0, 0.05) is 30.5 Å². The second-order valence-corrected chi connectivity index (χ2v) is 6.89. The number of benzene rings is 1. The third kappa shape index (κ3) is 4.72. The Hall–Kier alpha value is -3.94. The van der Waals surface area contributed by atoms with Crippen molar-refractivity contribution in [2.45, 2.75) is 19.5 Å². The highest BCUT2D eigenvalue weighted by atomic mass is 16.2. The van der Waals surface area contributed by atoms with Gasteiger partial charge in [-0.2, -0.15) is 0 Å². The summed E-state index contributed by atoms with van der Waals surface area (Å²) in [4.78, 5) is 36.4. The lowest BCUT2D eigenvalue weighted by Crippen LogP contribution is -2.33. The van der Waals surface area contributed by atoms with Crippen molar-refractivity contribution in [3.8, 4) is 0 Å². The number of fused-ring (bicyclic) bond motifs is 1. The Balaban J connectivity index is 1.32.